The third kappa shape index (κ3) is 5.62. The van der Waals surface area contributed by atoms with Gasteiger partial charge in [-0.25, -0.2) is 14.2 Å². The number of pyridine rings is 1. The molecule has 206 valence electrons. The number of aryl methyl sites for hydroxylation is 2. The molecular weight excluding hydrogens is 501 g/mol. The van der Waals surface area contributed by atoms with E-state index in [1.807, 2.05) is 13.0 Å². The number of likely N-dealkylation sites (tertiary alicyclic amines) is 1. The number of nitrogens with zero attached hydrogens (tertiary/aromatic N) is 5. The molecule has 0 saturated carbocycles. The van der Waals surface area contributed by atoms with E-state index in [2.05, 4.69) is 15.4 Å². The Labute approximate surface area is 227 Å². The number of nitrogens with one attached hydrogen (secondary N) is 1. The number of urea groups is 1. The van der Waals surface area contributed by atoms with Crippen LogP contribution in [0.1, 0.15) is 48.2 Å². The van der Waals surface area contributed by atoms with Crippen LogP contribution in [0.5, 0.6) is 0 Å². The fraction of sp³-hybridized carbons (Fsp3) is 0.393. The van der Waals surface area contributed by atoms with Crippen LogP contribution in [-0.2, 0) is 23.1 Å². The van der Waals surface area contributed by atoms with E-state index in [0.717, 1.165) is 10.5 Å². The van der Waals surface area contributed by atoms with Crippen molar-refractivity contribution in [3.8, 4) is 0 Å². The number of benzene rings is 1. The molecule has 39 heavy (non-hydrogen) atoms. The lowest BCUT2D eigenvalue weighted by Crippen LogP contribution is -2.70. The highest BCUT2D eigenvalue weighted by atomic mass is 19.1. The van der Waals surface area contributed by atoms with Crippen molar-refractivity contribution >= 4 is 29.4 Å². The predicted molar refractivity (Wildman–Crippen MR) is 145 cm³/mol. The van der Waals surface area contributed by atoms with E-state index in [-0.39, 0.29) is 12.2 Å². The molecule has 4 rings (SSSR count). The van der Waals surface area contributed by atoms with Crippen molar-refractivity contribution in [3.63, 3.8) is 0 Å². The number of halogens is 1. The van der Waals surface area contributed by atoms with Gasteiger partial charge < -0.3 is 16.0 Å². The minimum Gasteiger partial charge on any atom is -0.384 e. The van der Waals surface area contributed by atoms with E-state index in [9.17, 15) is 18.8 Å². The van der Waals surface area contributed by atoms with Crippen molar-refractivity contribution in [2.75, 3.05) is 17.7 Å². The Bertz CT molecular complexity index is 1390. The molecule has 4 amide bonds. The number of imide groups is 1. The first-order valence-corrected chi connectivity index (χ1v) is 12.9. The maximum Gasteiger partial charge on any atom is 0.325 e. The fourth-order valence-corrected chi connectivity index (χ4v) is 5.12. The number of nitrogen functional groups attached to an aromatic ring is 1. The molecule has 3 atom stereocenters. The number of carbonyl (C=O) groups excluding carboxylic acids is 3. The first-order chi connectivity index (χ1) is 18.5. The lowest BCUT2D eigenvalue weighted by molar-refractivity contribution is -0.156. The highest BCUT2D eigenvalue weighted by Gasteiger charge is 2.55. The van der Waals surface area contributed by atoms with E-state index in [4.69, 9.17) is 5.73 Å². The van der Waals surface area contributed by atoms with Gasteiger partial charge in [0.25, 0.3) is 5.91 Å². The van der Waals surface area contributed by atoms with Crippen LogP contribution in [0.4, 0.5) is 20.7 Å². The molecule has 10 nitrogen and oxygen atoms in total. The number of nitrogens with two attached hydrogens (primary N) is 1. The molecule has 1 aromatic carbocycles. The molecule has 0 bridgehead atoms. The van der Waals surface area contributed by atoms with Crippen molar-refractivity contribution < 1.29 is 18.8 Å². The number of hydrogen-bond donors (Lipinski definition) is 2. The topological polar surface area (TPSA) is 126 Å². The second-order valence-corrected chi connectivity index (χ2v) is 10.0. The standard InChI is InChI=1S/C28H34FN7O3/c1-6-8-23(20-9-7-10-22(29)17(20)3)33-28(39)36-25(27(38)35(5)19-14-31-34(4)15-19)21(26(36)37)12-18-11-16(2)32-24(30)13-18/h7,9-11,13-15,21,23,25H,6,8,12H2,1-5H3,(H2,30,32)(H,33,39)/t21-,23-,25+/m1/s1. The summed E-state index contributed by atoms with van der Waals surface area (Å²) < 4.78 is 15.9. The third-order valence-corrected chi connectivity index (χ3v) is 7.14. The number of rotatable bonds is 8. The van der Waals surface area contributed by atoms with Gasteiger partial charge in [0.15, 0.2) is 0 Å². The van der Waals surface area contributed by atoms with Gasteiger partial charge in [-0.15, -0.1) is 0 Å². The summed E-state index contributed by atoms with van der Waals surface area (Å²) >= 11 is 0. The van der Waals surface area contributed by atoms with Crippen LogP contribution < -0.4 is 16.0 Å². The molecular formula is C28H34FN7O3. The molecule has 0 radical (unpaired) electrons. The number of β-lactam (4-membered cyclic amide) rings is 1. The average molecular weight is 536 g/mol. The lowest BCUT2D eigenvalue weighted by atomic mass is 9.81. The summed E-state index contributed by atoms with van der Waals surface area (Å²) in [4.78, 5) is 47.3. The smallest absolute Gasteiger partial charge is 0.325 e. The highest BCUT2D eigenvalue weighted by Crippen LogP contribution is 2.34. The van der Waals surface area contributed by atoms with E-state index in [1.165, 1.54) is 17.2 Å². The summed E-state index contributed by atoms with van der Waals surface area (Å²) in [6.45, 7) is 5.40. The summed E-state index contributed by atoms with van der Waals surface area (Å²) in [6.07, 6.45) is 4.68. The summed E-state index contributed by atoms with van der Waals surface area (Å²) in [5, 5.41) is 7.01. The van der Waals surface area contributed by atoms with E-state index in [0.29, 0.717) is 41.2 Å². The summed E-state index contributed by atoms with van der Waals surface area (Å²) in [5.41, 5.74) is 8.94. The number of likely N-dealkylation sites (N-methyl/N-ethyl adjacent to an activating group) is 1. The molecule has 3 heterocycles. The van der Waals surface area contributed by atoms with Gasteiger partial charge in [0.1, 0.15) is 17.7 Å². The number of aromatic nitrogens is 3. The molecule has 0 aliphatic carbocycles. The largest absolute Gasteiger partial charge is 0.384 e. The van der Waals surface area contributed by atoms with Crippen LogP contribution in [-0.4, -0.2) is 50.6 Å². The van der Waals surface area contributed by atoms with Crippen LogP contribution in [0.25, 0.3) is 0 Å². The van der Waals surface area contributed by atoms with Gasteiger partial charge in [0.05, 0.1) is 23.8 Å². The van der Waals surface area contributed by atoms with Crippen molar-refractivity contribution in [2.24, 2.45) is 13.0 Å². The van der Waals surface area contributed by atoms with Gasteiger partial charge in [-0.2, -0.15) is 5.10 Å². The number of hydrogen-bond acceptors (Lipinski definition) is 6. The Balaban J connectivity index is 1.64. The minimum atomic E-state index is -1.05. The van der Waals surface area contributed by atoms with Gasteiger partial charge in [0.2, 0.25) is 5.91 Å². The zero-order chi connectivity index (χ0) is 28.4. The number of carbonyl (C=O) groups is 3. The van der Waals surface area contributed by atoms with Gasteiger partial charge in [-0.3, -0.25) is 19.2 Å². The first-order valence-electron chi connectivity index (χ1n) is 12.9. The Kier molecular flexibility index (Phi) is 7.98. The zero-order valence-electron chi connectivity index (χ0n) is 22.8. The Morgan fingerprint density at radius 3 is 2.64 bits per heavy atom. The molecule has 3 aromatic rings. The lowest BCUT2D eigenvalue weighted by Gasteiger charge is -2.46. The van der Waals surface area contributed by atoms with Crippen molar-refractivity contribution in [3.05, 3.63) is 70.9 Å². The molecule has 3 N–H and O–H groups in total. The van der Waals surface area contributed by atoms with Crippen LogP contribution in [0.3, 0.4) is 0 Å². The Morgan fingerprint density at radius 1 is 1.26 bits per heavy atom. The maximum atomic E-state index is 14.3. The summed E-state index contributed by atoms with van der Waals surface area (Å²) in [6, 6.07) is 5.92. The van der Waals surface area contributed by atoms with Crippen molar-refractivity contribution in [1.82, 2.24) is 25.0 Å². The molecule has 11 heteroatoms. The maximum absolute atomic E-state index is 14.3. The third-order valence-electron chi connectivity index (χ3n) is 7.14. The van der Waals surface area contributed by atoms with E-state index >= 15 is 0 Å². The molecule has 1 aliphatic heterocycles. The quantitative estimate of drug-likeness (QED) is 0.426. The van der Waals surface area contributed by atoms with E-state index < -0.39 is 35.8 Å². The Hall–Kier alpha value is -4.28. The second kappa shape index (κ2) is 11.2. The van der Waals surface area contributed by atoms with Gasteiger partial charge in [0, 0.05) is 26.0 Å². The second-order valence-electron chi connectivity index (χ2n) is 10.0. The Morgan fingerprint density at radius 2 is 2.00 bits per heavy atom. The molecule has 1 saturated heterocycles. The monoisotopic (exact) mass is 535 g/mol. The summed E-state index contributed by atoms with van der Waals surface area (Å²) in [7, 11) is 3.32. The van der Waals surface area contributed by atoms with Crippen LogP contribution in [0.15, 0.2) is 42.7 Å². The molecule has 2 aromatic heterocycles. The number of anilines is 2. The SMILES string of the molecule is CCC[C@@H](NC(=O)N1C(=O)[C@H](Cc2cc(C)nc(N)c2)[C@H]1C(=O)N(C)c1cnn(C)c1)c1cccc(F)c1C. The van der Waals surface area contributed by atoms with Crippen LogP contribution in [0, 0.1) is 25.6 Å². The van der Waals surface area contributed by atoms with Crippen molar-refractivity contribution in [1.29, 1.82) is 0 Å². The highest BCUT2D eigenvalue weighted by molar-refractivity contribution is 6.12. The average Bonchev–Trinajstić information content (AvgIpc) is 3.31. The molecule has 1 fully saturated rings. The molecule has 0 unspecified atom stereocenters. The summed E-state index contributed by atoms with van der Waals surface area (Å²) in [5.74, 6) is -1.72. The fourth-order valence-electron chi connectivity index (χ4n) is 5.12. The molecule has 0 spiro atoms. The van der Waals surface area contributed by atoms with Crippen LogP contribution in [0.2, 0.25) is 0 Å². The number of amides is 4. The normalized spacial score (nSPS) is 17.5. The predicted octanol–water partition coefficient (Wildman–Crippen LogP) is 3.44. The molecule has 1 aliphatic rings. The zero-order valence-corrected chi connectivity index (χ0v) is 22.8. The van der Waals surface area contributed by atoms with Gasteiger partial charge in [-0.1, -0.05) is 25.5 Å². The van der Waals surface area contributed by atoms with E-state index in [1.54, 1.807) is 57.0 Å². The first kappa shape index (κ1) is 27.7. The minimum absolute atomic E-state index is 0.217. The van der Waals surface area contributed by atoms with Crippen molar-refractivity contribution in [2.45, 2.75) is 52.1 Å². The van der Waals surface area contributed by atoms with Gasteiger partial charge >= 0.3 is 6.03 Å². The van der Waals surface area contributed by atoms with Crippen LogP contribution >= 0.6 is 0 Å². The van der Waals surface area contributed by atoms with Gasteiger partial charge in [-0.05, 0) is 61.6 Å².